The highest BCUT2D eigenvalue weighted by atomic mass is 32.2. The third-order valence-corrected chi connectivity index (χ3v) is 7.97. The van der Waals surface area contributed by atoms with Crippen LogP contribution in [0.5, 0.6) is 0 Å². The Hall–Kier alpha value is -3.30. The molecule has 1 aliphatic rings. The molecule has 0 unspecified atom stereocenters. The highest BCUT2D eigenvalue weighted by molar-refractivity contribution is 7.90. The average molecular weight is 480 g/mol. The molecule has 0 bridgehead atoms. The summed E-state index contributed by atoms with van der Waals surface area (Å²) in [6.45, 7) is 7.49. The largest absolute Gasteiger partial charge is 0.350 e. The number of piperazine rings is 1. The lowest BCUT2D eigenvalue weighted by molar-refractivity contribution is 0.423. The van der Waals surface area contributed by atoms with E-state index >= 15 is 0 Å². The van der Waals surface area contributed by atoms with Crippen LogP contribution in [-0.4, -0.2) is 47.5 Å². The quantitative estimate of drug-likeness (QED) is 0.477. The maximum atomic E-state index is 15.0. The molecule has 0 saturated carbocycles. The van der Waals surface area contributed by atoms with Crippen LogP contribution in [0.15, 0.2) is 66.0 Å². The highest BCUT2D eigenvalue weighted by Gasteiger charge is 2.30. The van der Waals surface area contributed by atoms with Crippen LogP contribution >= 0.6 is 0 Å². The van der Waals surface area contributed by atoms with E-state index in [4.69, 9.17) is 0 Å². The van der Waals surface area contributed by atoms with Crippen LogP contribution in [-0.2, 0) is 10.0 Å². The van der Waals surface area contributed by atoms with Crippen molar-refractivity contribution in [1.82, 2.24) is 19.3 Å². The molecule has 2 aromatic heterocycles. The molecule has 4 aromatic rings. The van der Waals surface area contributed by atoms with E-state index in [0.29, 0.717) is 28.9 Å². The molecular weight excluding hydrogens is 453 g/mol. The Morgan fingerprint density at radius 1 is 1.03 bits per heavy atom. The Morgan fingerprint density at radius 3 is 2.50 bits per heavy atom. The first-order chi connectivity index (χ1) is 16.3. The molecule has 1 saturated heterocycles. The zero-order chi connectivity index (χ0) is 24.0. The number of hydrogen-bond donors (Lipinski definition) is 1. The van der Waals surface area contributed by atoms with Crippen molar-refractivity contribution in [2.75, 3.05) is 18.0 Å². The van der Waals surface area contributed by atoms with Crippen LogP contribution < -0.4 is 10.2 Å². The number of halogens is 1. The summed E-state index contributed by atoms with van der Waals surface area (Å²) in [4.78, 5) is 11.2. The summed E-state index contributed by atoms with van der Waals surface area (Å²) in [5.41, 5.74) is 1.92. The highest BCUT2D eigenvalue weighted by Crippen LogP contribution is 2.38. The summed E-state index contributed by atoms with van der Waals surface area (Å²) in [6.07, 6.45) is 2.84. The number of nitrogens with zero attached hydrogens (tertiary/aromatic N) is 4. The Labute approximate surface area is 198 Å². The molecule has 34 heavy (non-hydrogen) atoms. The first-order valence-corrected chi connectivity index (χ1v) is 12.6. The lowest BCUT2D eigenvalue weighted by Crippen LogP contribution is -2.54. The topological polar surface area (TPSA) is 80.1 Å². The van der Waals surface area contributed by atoms with Gasteiger partial charge in [-0.05, 0) is 39.0 Å². The number of benzene rings is 2. The molecule has 2 aromatic carbocycles. The van der Waals surface area contributed by atoms with Gasteiger partial charge in [0.1, 0.15) is 18.0 Å². The van der Waals surface area contributed by atoms with Gasteiger partial charge >= 0.3 is 0 Å². The van der Waals surface area contributed by atoms with E-state index in [9.17, 15) is 12.8 Å². The molecule has 176 valence electrons. The second kappa shape index (κ2) is 8.48. The Bertz CT molecular complexity index is 1470. The van der Waals surface area contributed by atoms with E-state index in [-0.39, 0.29) is 22.6 Å². The molecule has 2 atom stereocenters. The van der Waals surface area contributed by atoms with Gasteiger partial charge in [0.15, 0.2) is 5.65 Å². The zero-order valence-corrected chi connectivity index (χ0v) is 20.1. The summed E-state index contributed by atoms with van der Waals surface area (Å²) in [5, 5.41) is 3.96. The van der Waals surface area contributed by atoms with Crippen molar-refractivity contribution in [3.8, 4) is 11.1 Å². The predicted octanol–water partition coefficient (Wildman–Crippen LogP) is 3.97. The molecular formula is C25H26FN5O2S. The lowest BCUT2D eigenvalue weighted by atomic mass is 10.0. The maximum absolute atomic E-state index is 15.0. The summed E-state index contributed by atoms with van der Waals surface area (Å²) >= 11 is 0. The molecule has 1 N–H and O–H groups in total. The summed E-state index contributed by atoms with van der Waals surface area (Å²) in [5.74, 6) is 0.160. The summed E-state index contributed by atoms with van der Waals surface area (Å²) < 4.78 is 43.5. The minimum absolute atomic E-state index is 0.111. The third kappa shape index (κ3) is 3.74. The molecule has 7 nitrogen and oxygen atoms in total. The second-order valence-electron chi connectivity index (χ2n) is 8.84. The first kappa shape index (κ1) is 22.5. The molecule has 1 fully saturated rings. The summed E-state index contributed by atoms with van der Waals surface area (Å²) in [7, 11) is -3.98. The average Bonchev–Trinajstić information content (AvgIpc) is 3.22. The molecule has 0 aliphatic carbocycles. The minimum Gasteiger partial charge on any atom is -0.350 e. The lowest BCUT2D eigenvalue weighted by Gasteiger charge is -2.38. The zero-order valence-electron chi connectivity index (χ0n) is 19.2. The van der Waals surface area contributed by atoms with Crippen LogP contribution in [0.3, 0.4) is 0 Å². The number of hydrogen-bond acceptors (Lipinski definition) is 6. The molecule has 0 spiro atoms. The maximum Gasteiger partial charge on any atom is 0.269 e. The van der Waals surface area contributed by atoms with Crippen LogP contribution in [0.2, 0.25) is 0 Å². The number of nitrogens with one attached hydrogen (secondary N) is 1. The summed E-state index contributed by atoms with van der Waals surface area (Å²) in [6, 6.07) is 13.3. The van der Waals surface area contributed by atoms with Gasteiger partial charge in [-0.2, -0.15) is 0 Å². The minimum atomic E-state index is -3.98. The normalized spacial score (nSPS) is 19.0. The van der Waals surface area contributed by atoms with Gasteiger partial charge < -0.3 is 10.2 Å². The predicted molar refractivity (Wildman–Crippen MR) is 131 cm³/mol. The van der Waals surface area contributed by atoms with Gasteiger partial charge in [0, 0.05) is 42.5 Å². The van der Waals surface area contributed by atoms with Crippen molar-refractivity contribution in [2.24, 2.45) is 0 Å². The van der Waals surface area contributed by atoms with Crippen LogP contribution in [0.25, 0.3) is 22.2 Å². The van der Waals surface area contributed by atoms with Crippen molar-refractivity contribution in [3.05, 3.63) is 72.4 Å². The molecule has 5 rings (SSSR count). The van der Waals surface area contributed by atoms with E-state index in [1.165, 1.54) is 18.6 Å². The number of aryl methyl sites for hydroxylation is 1. The van der Waals surface area contributed by atoms with Gasteiger partial charge in [0.2, 0.25) is 0 Å². The van der Waals surface area contributed by atoms with E-state index in [0.717, 1.165) is 16.1 Å². The van der Waals surface area contributed by atoms with Crippen molar-refractivity contribution >= 4 is 26.9 Å². The number of fused-ring (bicyclic) bond motifs is 1. The van der Waals surface area contributed by atoms with Gasteiger partial charge in [-0.15, -0.1) is 0 Å². The third-order valence-electron chi connectivity index (χ3n) is 6.31. The first-order valence-electron chi connectivity index (χ1n) is 11.2. The van der Waals surface area contributed by atoms with Crippen molar-refractivity contribution in [2.45, 2.75) is 37.8 Å². The van der Waals surface area contributed by atoms with E-state index < -0.39 is 15.8 Å². The SMILES string of the molecule is Cc1ccc(S(=O)(=O)n2cc(-c3ccccc3F)c3c(N4C[C@H](C)NC[C@H]4C)ncnc32)cc1. The smallest absolute Gasteiger partial charge is 0.269 e. The number of aromatic nitrogens is 3. The second-order valence-corrected chi connectivity index (χ2v) is 10.7. The molecule has 9 heteroatoms. The van der Waals surface area contributed by atoms with Crippen LogP contribution in [0, 0.1) is 12.7 Å². The standard InChI is InChI=1S/C25H26FN5O2S/c1-16-8-10-19(11-9-16)34(32,33)31-14-21(20-6-4-5-7-22(20)26)23-24(28-15-29-25(23)31)30-13-17(2)27-12-18(30)3/h4-11,14-15,17-18,27H,12-13H2,1-3H3/t17-,18+/m0/s1. The molecule has 0 amide bonds. The van der Waals surface area contributed by atoms with Crippen LogP contribution in [0.1, 0.15) is 19.4 Å². The Kier molecular flexibility index (Phi) is 5.61. The fraction of sp³-hybridized carbons (Fsp3) is 0.280. The molecule has 1 aliphatic heterocycles. The number of anilines is 1. The van der Waals surface area contributed by atoms with Crippen LogP contribution in [0.4, 0.5) is 10.2 Å². The Morgan fingerprint density at radius 2 is 1.76 bits per heavy atom. The fourth-order valence-corrected chi connectivity index (χ4v) is 5.76. The van der Waals surface area contributed by atoms with Gasteiger partial charge in [-0.1, -0.05) is 35.9 Å². The van der Waals surface area contributed by atoms with Gasteiger partial charge in [0.25, 0.3) is 10.0 Å². The van der Waals surface area contributed by atoms with Gasteiger partial charge in [0.05, 0.1) is 10.3 Å². The monoisotopic (exact) mass is 479 g/mol. The molecule has 0 radical (unpaired) electrons. The van der Waals surface area contributed by atoms with Gasteiger partial charge in [-0.3, -0.25) is 0 Å². The fourth-order valence-electron chi connectivity index (χ4n) is 4.44. The Balaban J connectivity index is 1.81. The van der Waals surface area contributed by atoms with E-state index in [2.05, 4.69) is 34.0 Å². The van der Waals surface area contributed by atoms with Gasteiger partial charge in [-0.25, -0.2) is 26.7 Å². The molecule has 3 heterocycles. The number of rotatable bonds is 4. The van der Waals surface area contributed by atoms with Crippen molar-refractivity contribution in [3.63, 3.8) is 0 Å². The van der Waals surface area contributed by atoms with Crippen molar-refractivity contribution < 1.29 is 12.8 Å². The van der Waals surface area contributed by atoms with Crippen molar-refractivity contribution in [1.29, 1.82) is 0 Å². The van der Waals surface area contributed by atoms with E-state index in [1.807, 2.05) is 6.92 Å². The van der Waals surface area contributed by atoms with E-state index in [1.54, 1.807) is 42.5 Å².